The van der Waals surface area contributed by atoms with Crippen molar-refractivity contribution in [1.82, 2.24) is 0 Å². The lowest BCUT2D eigenvalue weighted by Gasteiger charge is -2.16. The van der Waals surface area contributed by atoms with Gasteiger partial charge in [-0.05, 0) is 30.0 Å². The van der Waals surface area contributed by atoms with Gasteiger partial charge in [-0.15, -0.1) is 0 Å². The minimum Gasteiger partial charge on any atom is -0.493 e. The molecule has 1 atom stereocenters. The van der Waals surface area contributed by atoms with Gasteiger partial charge in [-0.3, -0.25) is 0 Å². The first-order valence-corrected chi connectivity index (χ1v) is 6.62. The van der Waals surface area contributed by atoms with Crippen molar-refractivity contribution < 1.29 is 9.47 Å². The van der Waals surface area contributed by atoms with Crippen LogP contribution in [0.4, 0.5) is 0 Å². The first-order chi connectivity index (χ1) is 8.15. The maximum atomic E-state index is 6.23. The maximum Gasteiger partial charge on any atom is 0.161 e. The van der Waals surface area contributed by atoms with Crippen LogP contribution in [0, 0.1) is 5.92 Å². The van der Waals surface area contributed by atoms with Gasteiger partial charge in [0.05, 0.1) is 14.2 Å². The molecule has 0 unspecified atom stereocenters. The van der Waals surface area contributed by atoms with E-state index >= 15 is 0 Å². The Labute approximate surface area is 110 Å². The zero-order chi connectivity index (χ0) is 12.4. The summed E-state index contributed by atoms with van der Waals surface area (Å²) in [5.41, 5.74) is 7.32. The second kappa shape index (κ2) is 5.27. The molecule has 2 N–H and O–H groups in total. The second-order valence-electron chi connectivity index (χ2n) is 4.51. The number of nitrogens with two attached hydrogens (primary N) is 1. The summed E-state index contributed by atoms with van der Waals surface area (Å²) in [6.45, 7) is 0. The van der Waals surface area contributed by atoms with Gasteiger partial charge in [0.1, 0.15) is 0 Å². The summed E-state index contributed by atoms with van der Waals surface area (Å²) in [7, 11) is 3.27. The van der Waals surface area contributed by atoms with E-state index in [1.165, 1.54) is 12.8 Å². The van der Waals surface area contributed by atoms with Gasteiger partial charge in [-0.1, -0.05) is 28.8 Å². The van der Waals surface area contributed by atoms with E-state index in [1.807, 2.05) is 12.1 Å². The van der Waals surface area contributed by atoms with Crippen LogP contribution in [0.15, 0.2) is 16.6 Å². The smallest absolute Gasteiger partial charge is 0.161 e. The molecule has 0 bridgehead atoms. The monoisotopic (exact) mass is 299 g/mol. The standard InChI is InChI=1S/C13H18BrNO2/c1-16-12-6-9(10(14)7-13(12)17-2)11(15)5-8-3-4-8/h6-8,11H,3-5,15H2,1-2H3/t11-/m0/s1. The van der Waals surface area contributed by atoms with Crippen molar-refractivity contribution in [2.45, 2.75) is 25.3 Å². The van der Waals surface area contributed by atoms with E-state index in [0.29, 0.717) is 0 Å². The molecular weight excluding hydrogens is 282 g/mol. The van der Waals surface area contributed by atoms with Gasteiger partial charge in [0.15, 0.2) is 11.5 Å². The molecular formula is C13H18BrNO2. The van der Waals surface area contributed by atoms with E-state index in [2.05, 4.69) is 15.9 Å². The molecule has 0 saturated heterocycles. The highest BCUT2D eigenvalue weighted by Gasteiger charge is 2.26. The van der Waals surface area contributed by atoms with E-state index in [4.69, 9.17) is 15.2 Å². The molecule has 17 heavy (non-hydrogen) atoms. The van der Waals surface area contributed by atoms with Crippen LogP contribution in [0.3, 0.4) is 0 Å². The number of hydrogen-bond acceptors (Lipinski definition) is 3. The van der Waals surface area contributed by atoms with Crippen LogP contribution in [0.25, 0.3) is 0 Å². The van der Waals surface area contributed by atoms with Crippen LogP contribution in [-0.2, 0) is 0 Å². The highest BCUT2D eigenvalue weighted by atomic mass is 79.9. The fourth-order valence-electron chi connectivity index (χ4n) is 1.99. The van der Waals surface area contributed by atoms with Crippen molar-refractivity contribution in [3.8, 4) is 11.5 Å². The summed E-state index contributed by atoms with van der Waals surface area (Å²) < 4.78 is 11.5. The van der Waals surface area contributed by atoms with Crippen molar-refractivity contribution in [1.29, 1.82) is 0 Å². The molecule has 0 heterocycles. The Kier molecular flexibility index (Phi) is 3.94. The van der Waals surface area contributed by atoms with Gasteiger partial charge >= 0.3 is 0 Å². The van der Waals surface area contributed by atoms with Gasteiger partial charge in [0.2, 0.25) is 0 Å². The Morgan fingerprint density at radius 1 is 1.29 bits per heavy atom. The van der Waals surface area contributed by atoms with Gasteiger partial charge in [0, 0.05) is 10.5 Å². The van der Waals surface area contributed by atoms with Gasteiger partial charge in [-0.25, -0.2) is 0 Å². The molecule has 0 amide bonds. The molecule has 94 valence electrons. The molecule has 0 spiro atoms. The maximum absolute atomic E-state index is 6.23. The lowest BCUT2D eigenvalue weighted by molar-refractivity contribution is 0.353. The summed E-state index contributed by atoms with van der Waals surface area (Å²) in [5, 5.41) is 0. The fraction of sp³-hybridized carbons (Fsp3) is 0.538. The third-order valence-corrected chi connectivity index (χ3v) is 3.87. The van der Waals surface area contributed by atoms with Crippen LogP contribution < -0.4 is 15.2 Å². The molecule has 1 saturated carbocycles. The van der Waals surface area contributed by atoms with Crippen molar-refractivity contribution in [2.24, 2.45) is 11.7 Å². The minimum absolute atomic E-state index is 0.0664. The van der Waals surface area contributed by atoms with E-state index in [9.17, 15) is 0 Å². The normalized spacial score (nSPS) is 16.7. The molecule has 1 aliphatic rings. The number of hydrogen-bond donors (Lipinski definition) is 1. The lowest BCUT2D eigenvalue weighted by atomic mass is 10.0. The zero-order valence-electron chi connectivity index (χ0n) is 10.2. The predicted molar refractivity (Wildman–Crippen MR) is 71.5 cm³/mol. The number of methoxy groups -OCH3 is 2. The Morgan fingerprint density at radius 3 is 2.41 bits per heavy atom. The first-order valence-electron chi connectivity index (χ1n) is 5.82. The molecule has 1 fully saturated rings. The summed E-state index contributed by atoms with van der Waals surface area (Å²) >= 11 is 3.55. The van der Waals surface area contributed by atoms with Crippen molar-refractivity contribution in [2.75, 3.05) is 14.2 Å². The minimum atomic E-state index is 0.0664. The fourth-order valence-corrected chi connectivity index (χ4v) is 2.61. The molecule has 4 heteroatoms. The Hall–Kier alpha value is -0.740. The molecule has 1 aromatic rings. The van der Waals surface area contributed by atoms with E-state index in [-0.39, 0.29) is 6.04 Å². The lowest BCUT2D eigenvalue weighted by Crippen LogP contribution is -2.12. The summed E-state index contributed by atoms with van der Waals surface area (Å²) in [6, 6.07) is 3.95. The molecule has 1 aromatic carbocycles. The number of rotatable bonds is 5. The molecule has 3 nitrogen and oxygen atoms in total. The van der Waals surface area contributed by atoms with E-state index in [1.54, 1.807) is 14.2 Å². The molecule has 0 aliphatic heterocycles. The Balaban J connectivity index is 2.25. The Morgan fingerprint density at radius 2 is 1.88 bits per heavy atom. The van der Waals surface area contributed by atoms with Crippen LogP contribution in [0.2, 0.25) is 0 Å². The molecule has 0 aromatic heterocycles. The van der Waals surface area contributed by atoms with Crippen LogP contribution in [0.1, 0.15) is 30.9 Å². The molecule has 2 rings (SSSR count). The summed E-state index contributed by atoms with van der Waals surface area (Å²) in [6.07, 6.45) is 3.69. The highest BCUT2D eigenvalue weighted by molar-refractivity contribution is 9.10. The predicted octanol–water partition coefficient (Wildman–Crippen LogP) is 3.27. The van der Waals surface area contributed by atoms with Crippen molar-refractivity contribution >= 4 is 15.9 Å². The third-order valence-electron chi connectivity index (χ3n) is 3.19. The largest absolute Gasteiger partial charge is 0.493 e. The summed E-state index contributed by atoms with van der Waals surface area (Å²) in [4.78, 5) is 0. The second-order valence-corrected chi connectivity index (χ2v) is 5.37. The first kappa shape index (κ1) is 12.7. The average molecular weight is 300 g/mol. The van der Waals surface area contributed by atoms with E-state index < -0.39 is 0 Å². The van der Waals surface area contributed by atoms with Crippen LogP contribution in [-0.4, -0.2) is 14.2 Å². The number of ether oxygens (including phenoxy) is 2. The quantitative estimate of drug-likeness (QED) is 0.907. The molecule has 0 radical (unpaired) electrons. The third kappa shape index (κ3) is 2.93. The van der Waals surface area contributed by atoms with Crippen LogP contribution in [0.5, 0.6) is 11.5 Å². The van der Waals surface area contributed by atoms with Crippen LogP contribution >= 0.6 is 15.9 Å². The molecule has 1 aliphatic carbocycles. The zero-order valence-corrected chi connectivity index (χ0v) is 11.8. The Bertz CT molecular complexity index is 405. The van der Waals surface area contributed by atoms with Crippen molar-refractivity contribution in [3.05, 3.63) is 22.2 Å². The summed E-state index contributed by atoms with van der Waals surface area (Å²) in [5.74, 6) is 2.27. The SMILES string of the molecule is COc1cc(Br)c([C@@H](N)CC2CC2)cc1OC. The number of benzene rings is 1. The number of halogens is 1. The average Bonchev–Trinajstić information content (AvgIpc) is 3.12. The van der Waals surface area contributed by atoms with Gasteiger partial charge in [-0.2, -0.15) is 0 Å². The van der Waals surface area contributed by atoms with Gasteiger partial charge < -0.3 is 15.2 Å². The van der Waals surface area contributed by atoms with Crippen molar-refractivity contribution in [3.63, 3.8) is 0 Å². The van der Waals surface area contributed by atoms with Gasteiger partial charge in [0.25, 0.3) is 0 Å². The van der Waals surface area contributed by atoms with E-state index in [0.717, 1.165) is 33.9 Å². The topological polar surface area (TPSA) is 44.5 Å². The highest BCUT2D eigenvalue weighted by Crippen LogP contribution is 2.41.